The van der Waals surface area contributed by atoms with Crippen LogP contribution in [0.3, 0.4) is 0 Å². The Morgan fingerprint density at radius 1 is 1.21 bits per heavy atom. The Morgan fingerprint density at radius 3 is 2.26 bits per heavy atom. The summed E-state index contributed by atoms with van der Waals surface area (Å²) in [5.41, 5.74) is -1.08. The maximum absolute atomic E-state index is 11.7. The summed E-state index contributed by atoms with van der Waals surface area (Å²) in [6.07, 6.45) is 4.96. The zero-order valence-corrected chi connectivity index (χ0v) is 11.3. The molecule has 0 heterocycles. The average molecular weight is 264 g/mol. The standard InChI is InChI=1S/C15H20O4/c1-9(16)10(2)19-15-6-11-3-12(7-15)5-14(4-11,8-15)13(17)18/h11-12H,2-8H2,1H3,(H,17,18). The topological polar surface area (TPSA) is 63.6 Å². The van der Waals surface area contributed by atoms with Gasteiger partial charge in [-0.1, -0.05) is 6.58 Å². The minimum absolute atomic E-state index is 0.167. The number of hydrogen-bond acceptors (Lipinski definition) is 3. The summed E-state index contributed by atoms with van der Waals surface area (Å²) in [5, 5.41) is 9.59. The fourth-order valence-corrected chi connectivity index (χ4v) is 4.88. The lowest BCUT2D eigenvalue weighted by atomic mass is 9.48. The van der Waals surface area contributed by atoms with Crippen LogP contribution in [0, 0.1) is 17.3 Å². The van der Waals surface area contributed by atoms with Crippen molar-refractivity contribution in [2.45, 2.75) is 51.0 Å². The van der Waals surface area contributed by atoms with Gasteiger partial charge in [-0.05, 0) is 43.9 Å². The molecule has 4 aliphatic carbocycles. The average Bonchev–Trinajstić information content (AvgIpc) is 2.25. The van der Waals surface area contributed by atoms with Crippen molar-refractivity contribution >= 4 is 11.8 Å². The number of carbonyl (C=O) groups is 2. The van der Waals surface area contributed by atoms with Crippen LogP contribution in [-0.4, -0.2) is 22.5 Å². The summed E-state index contributed by atoms with van der Waals surface area (Å²) >= 11 is 0. The number of allylic oxidation sites excluding steroid dienone is 1. The number of carboxylic acids is 1. The molecule has 0 spiro atoms. The van der Waals surface area contributed by atoms with Crippen LogP contribution in [0.2, 0.25) is 0 Å². The lowest BCUT2D eigenvalue weighted by Crippen LogP contribution is -2.59. The highest BCUT2D eigenvalue weighted by Crippen LogP contribution is 2.63. The Kier molecular flexibility index (Phi) is 2.57. The van der Waals surface area contributed by atoms with E-state index in [0.29, 0.717) is 18.3 Å². The van der Waals surface area contributed by atoms with E-state index in [2.05, 4.69) is 6.58 Å². The van der Waals surface area contributed by atoms with Crippen molar-refractivity contribution in [1.82, 2.24) is 0 Å². The molecule has 4 heteroatoms. The third-order valence-electron chi connectivity index (χ3n) is 5.19. The minimum atomic E-state index is -0.692. The number of rotatable bonds is 4. The van der Waals surface area contributed by atoms with Crippen LogP contribution in [0.15, 0.2) is 12.3 Å². The van der Waals surface area contributed by atoms with E-state index in [1.807, 2.05) is 0 Å². The molecule has 0 aromatic heterocycles. The van der Waals surface area contributed by atoms with Crippen LogP contribution in [0.1, 0.15) is 45.4 Å². The predicted molar refractivity (Wildman–Crippen MR) is 68.4 cm³/mol. The zero-order chi connectivity index (χ0) is 13.8. The van der Waals surface area contributed by atoms with Crippen molar-refractivity contribution in [1.29, 1.82) is 0 Å². The molecule has 0 saturated heterocycles. The van der Waals surface area contributed by atoms with E-state index >= 15 is 0 Å². The summed E-state index contributed by atoms with van der Waals surface area (Å²) in [4.78, 5) is 23.0. The zero-order valence-electron chi connectivity index (χ0n) is 11.3. The molecule has 4 nitrogen and oxygen atoms in total. The Hall–Kier alpha value is -1.32. The van der Waals surface area contributed by atoms with Crippen LogP contribution in [0.4, 0.5) is 0 Å². The quantitative estimate of drug-likeness (QED) is 0.626. The molecule has 104 valence electrons. The van der Waals surface area contributed by atoms with Crippen molar-refractivity contribution < 1.29 is 19.4 Å². The van der Waals surface area contributed by atoms with Gasteiger partial charge in [0.05, 0.1) is 5.41 Å². The Balaban J connectivity index is 1.89. The maximum Gasteiger partial charge on any atom is 0.309 e. The largest absolute Gasteiger partial charge is 0.484 e. The third kappa shape index (κ3) is 1.88. The number of ether oxygens (including phenoxy) is 1. The van der Waals surface area contributed by atoms with Gasteiger partial charge in [-0.3, -0.25) is 9.59 Å². The van der Waals surface area contributed by atoms with E-state index in [4.69, 9.17) is 4.74 Å². The molecule has 0 aromatic rings. The van der Waals surface area contributed by atoms with Gasteiger partial charge in [-0.25, -0.2) is 0 Å². The molecular weight excluding hydrogens is 244 g/mol. The molecule has 0 amide bonds. The number of aliphatic carboxylic acids is 1. The summed E-state index contributed by atoms with van der Waals surface area (Å²) in [6.45, 7) is 5.12. The molecule has 4 aliphatic rings. The fraction of sp³-hybridized carbons (Fsp3) is 0.733. The lowest BCUT2D eigenvalue weighted by molar-refractivity contribution is -0.196. The van der Waals surface area contributed by atoms with Crippen molar-refractivity contribution in [3.63, 3.8) is 0 Å². The van der Waals surface area contributed by atoms with Gasteiger partial charge in [-0.15, -0.1) is 0 Å². The number of Topliss-reactive ketones (excluding diaryl/α,β-unsaturated/α-hetero) is 1. The highest BCUT2D eigenvalue weighted by molar-refractivity contribution is 5.90. The first kappa shape index (κ1) is 12.7. The van der Waals surface area contributed by atoms with Gasteiger partial charge in [0.15, 0.2) is 11.5 Å². The first-order valence-corrected chi connectivity index (χ1v) is 6.96. The van der Waals surface area contributed by atoms with E-state index in [0.717, 1.165) is 32.1 Å². The van der Waals surface area contributed by atoms with E-state index in [1.165, 1.54) is 6.92 Å². The SMILES string of the molecule is C=C(OC12CC3CC(C1)CC(C(=O)O)(C3)C2)C(C)=O. The number of hydrogen-bond donors (Lipinski definition) is 1. The van der Waals surface area contributed by atoms with Gasteiger partial charge in [0.1, 0.15) is 5.60 Å². The number of ketones is 1. The van der Waals surface area contributed by atoms with Gasteiger partial charge in [0, 0.05) is 13.3 Å². The van der Waals surface area contributed by atoms with Gasteiger partial charge in [-0.2, -0.15) is 0 Å². The van der Waals surface area contributed by atoms with Gasteiger partial charge in [0.25, 0.3) is 0 Å². The Morgan fingerprint density at radius 2 is 1.79 bits per heavy atom. The van der Waals surface area contributed by atoms with E-state index in [-0.39, 0.29) is 11.5 Å². The van der Waals surface area contributed by atoms with Crippen LogP contribution in [0.25, 0.3) is 0 Å². The minimum Gasteiger partial charge on any atom is -0.484 e. The second-order valence-electron chi connectivity index (χ2n) is 6.81. The lowest BCUT2D eigenvalue weighted by Gasteiger charge is -2.59. The van der Waals surface area contributed by atoms with Crippen LogP contribution >= 0.6 is 0 Å². The van der Waals surface area contributed by atoms with Crippen LogP contribution < -0.4 is 0 Å². The van der Waals surface area contributed by atoms with Crippen LogP contribution in [0.5, 0.6) is 0 Å². The highest BCUT2D eigenvalue weighted by atomic mass is 16.5. The summed E-state index contributed by atoms with van der Waals surface area (Å²) < 4.78 is 5.88. The van der Waals surface area contributed by atoms with Crippen LogP contribution in [-0.2, 0) is 14.3 Å². The fourth-order valence-electron chi connectivity index (χ4n) is 4.88. The Labute approximate surface area is 112 Å². The summed E-state index contributed by atoms with van der Waals surface area (Å²) in [5.74, 6) is 0.180. The van der Waals surface area contributed by atoms with E-state index in [9.17, 15) is 14.7 Å². The van der Waals surface area contributed by atoms with Gasteiger partial charge in [0.2, 0.25) is 0 Å². The second kappa shape index (κ2) is 3.84. The molecule has 4 rings (SSSR count). The molecule has 1 N–H and O–H groups in total. The van der Waals surface area contributed by atoms with Crippen molar-refractivity contribution in [2.24, 2.45) is 17.3 Å². The summed E-state index contributed by atoms with van der Waals surface area (Å²) in [7, 11) is 0. The highest BCUT2D eigenvalue weighted by Gasteiger charge is 2.62. The molecule has 19 heavy (non-hydrogen) atoms. The van der Waals surface area contributed by atoms with Crippen molar-refractivity contribution in [2.75, 3.05) is 0 Å². The number of carbonyl (C=O) groups excluding carboxylic acids is 1. The molecule has 0 aromatic carbocycles. The number of carboxylic acid groups (broad SMARTS) is 1. The molecule has 4 bridgehead atoms. The molecule has 4 saturated carbocycles. The molecule has 0 radical (unpaired) electrons. The smallest absolute Gasteiger partial charge is 0.309 e. The predicted octanol–water partition coefficient (Wildman–Crippen LogP) is 2.53. The third-order valence-corrected chi connectivity index (χ3v) is 5.19. The first-order valence-electron chi connectivity index (χ1n) is 6.96. The maximum atomic E-state index is 11.7. The molecule has 4 fully saturated rings. The second-order valence-corrected chi connectivity index (χ2v) is 6.81. The molecular formula is C15H20O4. The van der Waals surface area contributed by atoms with Gasteiger partial charge >= 0.3 is 5.97 Å². The molecule has 0 aliphatic heterocycles. The van der Waals surface area contributed by atoms with E-state index < -0.39 is 17.0 Å². The van der Waals surface area contributed by atoms with E-state index in [1.54, 1.807) is 0 Å². The molecule has 2 atom stereocenters. The Bertz CT molecular complexity index is 451. The molecule has 2 unspecified atom stereocenters. The van der Waals surface area contributed by atoms with Gasteiger partial charge < -0.3 is 9.84 Å². The normalized spacial score (nSPS) is 43.0. The van der Waals surface area contributed by atoms with Crippen molar-refractivity contribution in [3.8, 4) is 0 Å². The first-order chi connectivity index (χ1) is 8.84. The van der Waals surface area contributed by atoms with Crippen molar-refractivity contribution in [3.05, 3.63) is 12.3 Å². The monoisotopic (exact) mass is 264 g/mol. The summed E-state index contributed by atoms with van der Waals surface area (Å²) in [6, 6.07) is 0.